The van der Waals surface area contributed by atoms with E-state index in [1.54, 1.807) is 34.4 Å². The molecule has 3 aromatic rings. The maximum Gasteiger partial charge on any atom is 0.264 e. The SMILES string of the molecule is O=C(c1cccc(S(=O)(=O)N2CCc3ccccc32)c1)N(Cc1cccs1)C[C@H]1CCCO1. The van der Waals surface area contributed by atoms with Gasteiger partial charge in [-0.1, -0.05) is 30.3 Å². The van der Waals surface area contributed by atoms with Crippen molar-refractivity contribution in [2.45, 2.75) is 36.8 Å². The first-order chi connectivity index (χ1) is 16.0. The molecule has 5 rings (SSSR count). The van der Waals surface area contributed by atoms with Crippen molar-refractivity contribution >= 4 is 33.0 Å². The van der Waals surface area contributed by atoms with E-state index in [4.69, 9.17) is 4.74 Å². The number of anilines is 1. The van der Waals surface area contributed by atoms with E-state index in [1.807, 2.05) is 41.8 Å². The lowest BCUT2D eigenvalue weighted by atomic mass is 10.1. The molecule has 8 heteroatoms. The summed E-state index contributed by atoms with van der Waals surface area (Å²) in [6, 6.07) is 17.9. The Balaban J connectivity index is 1.42. The minimum atomic E-state index is -3.77. The number of carbonyl (C=O) groups is 1. The van der Waals surface area contributed by atoms with Gasteiger partial charge in [-0.2, -0.15) is 0 Å². The van der Waals surface area contributed by atoms with Crippen molar-refractivity contribution in [2.75, 3.05) is 24.0 Å². The lowest BCUT2D eigenvalue weighted by Gasteiger charge is -2.25. The number of hydrogen-bond donors (Lipinski definition) is 0. The molecule has 2 aliphatic heterocycles. The molecule has 0 bridgehead atoms. The van der Waals surface area contributed by atoms with Crippen LogP contribution in [0, 0.1) is 0 Å². The fourth-order valence-corrected chi connectivity index (χ4v) is 6.77. The van der Waals surface area contributed by atoms with Gasteiger partial charge in [0.25, 0.3) is 15.9 Å². The van der Waals surface area contributed by atoms with Crippen molar-refractivity contribution in [2.24, 2.45) is 0 Å². The molecule has 0 unspecified atom stereocenters. The van der Waals surface area contributed by atoms with E-state index < -0.39 is 10.0 Å². The van der Waals surface area contributed by atoms with Crippen molar-refractivity contribution in [3.05, 3.63) is 82.0 Å². The Morgan fingerprint density at radius 3 is 2.79 bits per heavy atom. The van der Waals surface area contributed by atoms with Crippen molar-refractivity contribution in [3.63, 3.8) is 0 Å². The molecule has 3 heterocycles. The van der Waals surface area contributed by atoms with E-state index in [9.17, 15) is 13.2 Å². The third-order valence-corrected chi connectivity index (χ3v) is 8.85. The Bertz CT molecular complexity index is 1230. The van der Waals surface area contributed by atoms with Crippen LogP contribution >= 0.6 is 11.3 Å². The fourth-order valence-electron chi connectivity index (χ4n) is 4.50. The molecule has 1 aromatic heterocycles. The zero-order valence-electron chi connectivity index (χ0n) is 18.2. The van der Waals surface area contributed by atoms with Gasteiger partial charge in [0, 0.05) is 30.1 Å². The third-order valence-electron chi connectivity index (χ3n) is 6.18. The Kier molecular flexibility index (Phi) is 6.23. The summed E-state index contributed by atoms with van der Waals surface area (Å²) in [7, 11) is -3.77. The molecule has 0 aliphatic carbocycles. The molecule has 2 aromatic carbocycles. The van der Waals surface area contributed by atoms with Gasteiger partial charge in [-0.15, -0.1) is 11.3 Å². The molecule has 0 radical (unpaired) electrons. The third kappa shape index (κ3) is 4.55. The van der Waals surface area contributed by atoms with Crippen molar-refractivity contribution in [1.82, 2.24) is 4.90 Å². The van der Waals surface area contributed by atoms with Gasteiger partial charge in [0.15, 0.2) is 0 Å². The highest BCUT2D eigenvalue weighted by molar-refractivity contribution is 7.92. The lowest BCUT2D eigenvalue weighted by Crippen LogP contribution is -2.37. The maximum absolute atomic E-state index is 13.5. The summed E-state index contributed by atoms with van der Waals surface area (Å²) in [6.07, 6.45) is 2.62. The Hall–Kier alpha value is -2.68. The van der Waals surface area contributed by atoms with E-state index in [-0.39, 0.29) is 16.9 Å². The van der Waals surface area contributed by atoms with Crippen LogP contribution in [0.3, 0.4) is 0 Å². The molecule has 0 N–H and O–H groups in total. The number of sulfonamides is 1. The first-order valence-corrected chi connectivity index (χ1v) is 13.5. The summed E-state index contributed by atoms with van der Waals surface area (Å²) in [6.45, 7) is 2.10. The second-order valence-corrected chi connectivity index (χ2v) is 11.3. The van der Waals surface area contributed by atoms with Crippen LogP contribution in [-0.4, -0.2) is 45.0 Å². The zero-order chi connectivity index (χ0) is 22.8. The second kappa shape index (κ2) is 9.29. The number of ether oxygens (including phenoxy) is 1. The Labute approximate surface area is 198 Å². The molecular formula is C25H26N2O4S2. The van der Waals surface area contributed by atoms with Gasteiger partial charge < -0.3 is 9.64 Å². The van der Waals surface area contributed by atoms with Gasteiger partial charge in [-0.05, 0) is 60.5 Å². The minimum Gasteiger partial charge on any atom is -0.376 e. The minimum absolute atomic E-state index is 0.0157. The molecule has 6 nitrogen and oxygen atoms in total. The number of fused-ring (bicyclic) bond motifs is 1. The van der Waals surface area contributed by atoms with E-state index >= 15 is 0 Å². The molecule has 2 aliphatic rings. The summed E-state index contributed by atoms with van der Waals surface area (Å²) in [5.74, 6) is -0.183. The molecule has 0 spiro atoms. The van der Waals surface area contributed by atoms with Gasteiger partial charge in [0.1, 0.15) is 0 Å². The number of para-hydroxylation sites is 1. The molecule has 1 amide bonds. The highest BCUT2D eigenvalue weighted by Gasteiger charge is 2.31. The van der Waals surface area contributed by atoms with Crippen LogP contribution in [0.4, 0.5) is 5.69 Å². The predicted octanol–water partition coefficient (Wildman–Crippen LogP) is 4.32. The topological polar surface area (TPSA) is 66.9 Å². The van der Waals surface area contributed by atoms with Crippen LogP contribution in [-0.2, 0) is 27.7 Å². The first kappa shape index (κ1) is 22.1. The molecule has 1 saturated heterocycles. The lowest BCUT2D eigenvalue weighted by molar-refractivity contribution is 0.0509. The quantitative estimate of drug-likeness (QED) is 0.503. The highest BCUT2D eigenvalue weighted by atomic mass is 32.2. The van der Waals surface area contributed by atoms with Crippen LogP contribution in [0.1, 0.15) is 33.6 Å². The summed E-state index contributed by atoms with van der Waals surface area (Å²) in [5, 5.41) is 1.99. The fraction of sp³-hybridized carbons (Fsp3) is 0.320. The maximum atomic E-state index is 13.5. The van der Waals surface area contributed by atoms with Gasteiger partial charge in [0.05, 0.1) is 23.2 Å². The Morgan fingerprint density at radius 1 is 1.12 bits per heavy atom. The number of hydrogen-bond acceptors (Lipinski definition) is 5. The number of carbonyl (C=O) groups excluding carboxylic acids is 1. The molecule has 0 saturated carbocycles. The second-order valence-electron chi connectivity index (χ2n) is 8.38. The number of thiophene rings is 1. The smallest absolute Gasteiger partial charge is 0.264 e. The summed E-state index contributed by atoms with van der Waals surface area (Å²) < 4.78 is 34.1. The van der Waals surface area contributed by atoms with Crippen LogP contribution in [0.15, 0.2) is 70.9 Å². The van der Waals surface area contributed by atoms with Crippen LogP contribution in [0.25, 0.3) is 0 Å². The normalized spacial score (nSPS) is 17.8. The number of amides is 1. The average molecular weight is 483 g/mol. The number of benzene rings is 2. The number of rotatable bonds is 7. The zero-order valence-corrected chi connectivity index (χ0v) is 19.9. The summed E-state index contributed by atoms with van der Waals surface area (Å²) in [5.41, 5.74) is 2.11. The number of nitrogens with zero attached hydrogens (tertiary/aromatic N) is 2. The van der Waals surface area contributed by atoms with Crippen molar-refractivity contribution < 1.29 is 17.9 Å². The molecule has 33 heavy (non-hydrogen) atoms. The van der Waals surface area contributed by atoms with E-state index in [2.05, 4.69) is 0 Å². The molecule has 172 valence electrons. The van der Waals surface area contributed by atoms with Crippen molar-refractivity contribution in [3.8, 4) is 0 Å². The summed E-state index contributed by atoms with van der Waals surface area (Å²) >= 11 is 1.60. The predicted molar refractivity (Wildman–Crippen MR) is 129 cm³/mol. The average Bonchev–Trinajstić information content (AvgIpc) is 3.60. The van der Waals surface area contributed by atoms with Crippen LogP contribution in [0.2, 0.25) is 0 Å². The van der Waals surface area contributed by atoms with E-state index in [0.29, 0.717) is 37.3 Å². The standard InChI is InChI=1S/C25H26N2O4S2/c28-25(26(17-21-8-4-14-31-21)18-22-9-5-15-32-22)20-7-3-10-23(16-20)33(29,30)27-13-12-19-6-1-2-11-24(19)27/h1-3,5-7,9-11,15-16,21H,4,8,12-14,17-18H2/t21-/m1/s1. The molecule has 1 atom stereocenters. The van der Waals surface area contributed by atoms with E-state index in [0.717, 1.165) is 29.9 Å². The van der Waals surface area contributed by atoms with Crippen LogP contribution in [0.5, 0.6) is 0 Å². The van der Waals surface area contributed by atoms with E-state index in [1.165, 1.54) is 10.4 Å². The molecule has 1 fully saturated rings. The van der Waals surface area contributed by atoms with Crippen molar-refractivity contribution in [1.29, 1.82) is 0 Å². The van der Waals surface area contributed by atoms with Crippen LogP contribution < -0.4 is 4.31 Å². The van der Waals surface area contributed by atoms with Gasteiger partial charge in [-0.3, -0.25) is 9.10 Å². The van der Waals surface area contributed by atoms with Gasteiger partial charge >= 0.3 is 0 Å². The first-order valence-electron chi connectivity index (χ1n) is 11.2. The summed E-state index contributed by atoms with van der Waals surface area (Å²) in [4.78, 5) is 16.5. The van der Waals surface area contributed by atoms with Gasteiger partial charge in [0.2, 0.25) is 0 Å². The Morgan fingerprint density at radius 2 is 2.00 bits per heavy atom. The molecular weight excluding hydrogens is 456 g/mol. The monoisotopic (exact) mass is 482 g/mol. The largest absolute Gasteiger partial charge is 0.376 e. The highest BCUT2D eigenvalue weighted by Crippen LogP contribution is 2.33. The van der Waals surface area contributed by atoms with Gasteiger partial charge in [-0.25, -0.2) is 8.42 Å².